The smallest absolute Gasteiger partial charge is 0.735 e. The second-order valence-electron chi connectivity index (χ2n) is 2.17. The van der Waals surface area contributed by atoms with Crippen molar-refractivity contribution in [2.75, 3.05) is 20.3 Å². The summed E-state index contributed by atoms with van der Waals surface area (Å²) in [4.78, 5) is 0. The molecule has 11 heavy (non-hydrogen) atoms. The third-order valence-corrected chi connectivity index (χ3v) is 2.49. The van der Waals surface area contributed by atoms with Gasteiger partial charge in [0, 0.05) is 7.05 Å². The molecule has 0 radical (unpaired) electrons. The Morgan fingerprint density at radius 3 is 2.09 bits per heavy atom. The van der Waals surface area contributed by atoms with Gasteiger partial charge in [0.1, 0.15) is 0 Å². The van der Waals surface area contributed by atoms with Crippen LogP contribution in [0.3, 0.4) is 0 Å². The van der Waals surface area contributed by atoms with E-state index in [4.69, 9.17) is 4.74 Å². The van der Waals surface area contributed by atoms with Crippen LogP contribution in [0.2, 0.25) is 0 Å². The number of ether oxygens (including phenoxy) is 1. The summed E-state index contributed by atoms with van der Waals surface area (Å²) in [5, 5.41) is 0. The first-order chi connectivity index (χ1) is 4.52. The quantitative estimate of drug-likeness (QED) is 0.313. The van der Waals surface area contributed by atoms with E-state index in [1.807, 2.05) is 0 Å². The molecule has 0 N–H and O–H groups in total. The van der Waals surface area contributed by atoms with Gasteiger partial charge < -0.3 is 9.29 Å². The fourth-order valence-corrected chi connectivity index (χ4v) is 1.10. The Morgan fingerprint density at radius 1 is 1.55 bits per heavy atom. The molecule has 1 rings (SSSR count). The van der Waals surface area contributed by atoms with E-state index in [-0.39, 0.29) is 24.9 Å². The Morgan fingerprint density at radius 2 is 2.00 bits per heavy atom. The van der Waals surface area contributed by atoms with Crippen LogP contribution in [0.25, 0.3) is 0 Å². The van der Waals surface area contributed by atoms with Gasteiger partial charge >= 0.3 is 18.9 Å². The fourth-order valence-electron chi connectivity index (χ4n) is 0.616. The number of hydrogen-bond acceptors (Lipinski definition) is 4. The Hall–Kier alpha value is 0.427. The number of rotatable bonds is 2. The van der Waals surface area contributed by atoms with Crippen molar-refractivity contribution in [1.82, 2.24) is 4.31 Å². The maximum absolute atomic E-state index is 10.3. The van der Waals surface area contributed by atoms with E-state index in [1.165, 1.54) is 7.05 Å². The minimum Gasteiger partial charge on any atom is -0.735 e. The van der Waals surface area contributed by atoms with Crippen LogP contribution in [-0.2, 0) is 15.0 Å². The summed E-state index contributed by atoms with van der Waals surface area (Å²) in [6, 6.07) is -0.248. The molecule has 0 atom stereocenters. The second-order valence-corrected chi connectivity index (χ2v) is 3.60. The molecule has 0 aromatic carbocycles. The summed E-state index contributed by atoms with van der Waals surface area (Å²) < 4.78 is 36.3. The van der Waals surface area contributed by atoms with Crippen LogP contribution in [0.5, 0.6) is 0 Å². The van der Waals surface area contributed by atoms with Crippen LogP contribution in [0.1, 0.15) is 0 Å². The van der Waals surface area contributed by atoms with Crippen molar-refractivity contribution in [2.45, 2.75) is 6.04 Å². The van der Waals surface area contributed by atoms with Gasteiger partial charge in [0.05, 0.1) is 19.3 Å². The van der Waals surface area contributed by atoms with E-state index in [2.05, 4.69) is 0 Å². The Labute approximate surface area is 77.8 Å². The first-order valence-electron chi connectivity index (χ1n) is 2.78. The number of likely N-dealkylation sites (N-methyl/N-ethyl adjacent to an activating group) is 1. The molecule has 5 nitrogen and oxygen atoms in total. The van der Waals surface area contributed by atoms with Gasteiger partial charge in [-0.2, -0.15) is 0 Å². The third kappa shape index (κ3) is 2.74. The summed E-state index contributed by atoms with van der Waals surface area (Å²) in [5.41, 5.74) is 0. The zero-order valence-corrected chi connectivity index (χ0v) is 7.30. The van der Waals surface area contributed by atoms with E-state index in [0.717, 1.165) is 4.31 Å². The number of nitrogens with zero attached hydrogens (tertiary/aromatic N) is 1. The molecular formula is C4H8LiNO4S. The molecule has 0 unspecified atom stereocenters. The Kier molecular flexibility index (Phi) is 4.05. The van der Waals surface area contributed by atoms with Gasteiger partial charge in [-0.05, 0) is 0 Å². The summed E-state index contributed by atoms with van der Waals surface area (Å²) in [6.45, 7) is 0.663. The molecule has 0 saturated carbocycles. The second kappa shape index (κ2) is 3.89. The largest absolute Gasteiger partial charge is 1.00 e. The molecule has 1 saturated heterocycles. The molecule has 0 aliphatic carbocycles. The Bertz CT molecular complexity index is 212. The van der Waals surface area contributed by atoms with Crippen LogP contribution in [-0.4, -0.2) is 43.6 Å². The van der Waals surface area contributed by atoms with Crippen molar-refractivity contribution in [3.05, 3.63) is 0 Å². The fraction of sp³-hybridized carbons (Fsp3) is 1.00. The number of hydrogen-bond donors (Lipinski definition) is 0. The molecule has 0 aromatic rings. The van der Waals surface area contributed by atoms with E-state index in [0.29, 0.717) is 13.2 Å². The van der Waals surface area contributed by atoms with Crippen molar-refractivity contribution in [3.8, 4) is 0 Å². The first-order valence-corrected chi connectivity index (χ1v) is 4.15. The van der Waals surface area contributed by atoms with Crippen molar-refractivity contribution < 1.29 is 36.6 Å². The van der Waals surface area contributed by atoms with Gasteiger partial charge in [0.15, 0.2) is 10.3 Å². The minimum absolute atomic E-state index is 0. The van der Waals surface area contributed by atoms with E-state index >= 15 is 0 Å². The maximum atomic E-state index is 10.3. The average Bonchev–Trinajstić information content (AvgIpc) is 1.57. The van der Waals surface area contributed by atoms with Gasteiger partial charge in [-0.1, -0.05) is 0 Å². The van der Waals surface area contributed by atoms with Gasteiger partial charge in [-0.25, -0.2) is 12.7 Å². The average molecular weight is 173 g/mol. The van der Waals surface area contributed by atoms with Gasteiger partial charge in [-0.3, -0.25) is 0 Å². The van der Waals surface area contributed by atoms with Crippen molar-refractivity contribution in [2.24, 2.45) is 0 Å². The van der Waals surface area contributed by atoms with Crippen LogP contribution < -0.4 is 18.9 Å². The predicted octanol–water partition coefficient (Wildman–Crippen LogP) is -4.22. The van der Waals surface area contributed by atoms with E-state index in [1.54, 1.807) is 0 Å². The standard InChI is InChI=1S/C4H9NO4S.Li/c1-5(10(6,7)8)4-2-9-3-4;/h4H,2-3H2,1H3,(H,6,7,8);/q;+1/p-1. The first kappa shape index (κ1) is 11.4. The van der Waals surface area contributed by atoms with Gasteiger partial charge in [0.25, 0.3) is 0 Å². The van der Waals surface area contributed by atoms with Crippen molar-refractivity contribution in [3.63, 3.8) is 0 Å². The van der Waals surface area contributed by atoms with Crippen molar-refractivity contribution in [1.29, 1.82) is 0 Å². The zero-order chi connectivity index (χ0) is 7.78. The molecular weight excluding hydrogens is 165 g/mol. The summed E-state index contributed by atoms with van der Waals surface area (Å²) >= 11 is 0. The predicted molar refractivity (Wildman–Crippen MR) is 32.1 cm³/mol. The zero-order valence-electron chi connectivity index (χ0n) is 6.48. The van der Waals surface area contributed by atoms with Crippen LogP contribution >= 0.6 is 0 Å². The van der Waals surface area contributed by atoms with Crippen LogP contribution in [0, 0.1) is 0 Å². The molecule has 60 valence electrons. The SMILES string of the molecule is CN(C1COC1)S(=O)(=O)[O-].[Li+]. The summed E-state index contributed by atoms with van der Waals surface area (Å²) in [5.74, 6) is 0. The summed E-state index contributed by atoms with van der Waals surface area (Å²) in [7, 11) is -3.00. The molecule has 0 bridgehead atoms. The molecule has 0 amide bonds. The topological polar surface area (TPSA) is 69.7 Å². The Balaban J connectivity index is 0.000001000. The van der Waals surface area contributed by atoms with Gasteiger partial charge in [0.2, 0.25) is 0 Å². The molecule has 1 fully saturated rings. The van der Waals surface area contributed by atoms with E-state index < -0.39 is 10.3 Å². The molecule has 0 spiro atoms. The van der Waals surface area contributed by atoms with Crippen LogP contribution in [0.4, 0.5) is 0 Å². The monoisotopic (exact) mass is 173 g/mol. The molecule has 1 aliphatic heterocycles. The molecule has 1 heterocycles. The molecule has 1 aliphatic rings. The van der Waals surface area contributed by atoms with Gasteiger partial charge in [-0.15, -0.1) is 0 Å². The molecule has 7 heteroatoms. The van der Waals surface area contributed by atoms with Crippen molar-refractivity contribution >= 4 is 10.3 Å². The summed E-state index contributed by atoms with van der Waals surface area (Å²) in [6.07, 6.45) is 0. The molecule has 0 aromatic heterocycles. The minimum atomic E-state index is -4.26. The normalized spacial score (nSPS) is 19.2. The van der Waals surface area contributed by atoms with Crippen LogP contribution in [0.15, 0.2) is 0 Å². The van der Waals surface area contributed by atoms with E-state index in [9.17, 15) is 13.0 Å². The maximum Gasteiger partial charge on any atom is 1.00 e. The third-order valence-electron chi connectivity index (χ3n) is 1.49.